The molecule has 4 rings (SSSR count). The SMILES string of the molecule is O=C(Nc1nc(C2CC2)c(S(=O)(=O)Cc2c(F)cccc2F)s1)c1ccccn1. The van der Waals surface area contributed by atoms with Crippen molar-refractivity contribution >= 4 is 32.2 Å². The van der Waals surface area contributed by atoms with Crippen LogP contribution in [0.5, 0.6) is 0 Å². The first kappa shape index (κ1) is 19.6. The summed E-state index contributed by atoms with van der Waals surface area (Å²) < 4.78 is 53.7. The summed E-state index contributed by atoms with van der Waals surface area (Å²) in [5.41, 5.74) is -0.0155. The molecule has 0 atom stereocenters. The Kier molecular flexibility index (Phi) is 5.13. The summed E-state index contributed by atoms with van der Waals surface area (Å²) in [5, 5.41) is 2.66. The summed E-state index contributed by atoms with van der Waals surface area (Å²) in [5.74, 6) is -3.22. The van der Waals surface area contributed by atoms with Crippen molar-refractivity contribution in [3.63, 3.8) is 0 Å². The molecule has 1 aliphatic rings. The highest BCUT2D eigenvalue weighted by atomic mass is 32.2. The molecule has 150 valence electrons. The van der Waals surface area contributed by atoms with E-state index in [-0.39, 0.29) is 21.0 Å². The number of anilines is 1. The summed E-state index contributed by atoms with van der Waals surface area (Å²) in [6.45, 7) is 0. The second-order valence-electron chi connectivity index (χ2n) is 6.59. The summed E-state index contributed by atoms with van der Waals surface area (Å²) >= 11 is 0.785. The van der Waals surface area contributed by atoms with Gasteiger partial charge in [-0.1, -0.05) is 23.5 Å². The lowest BCUT2D eigenvalue weighted by Crippen LogP contribution is -2.13. The molecular weight excluding hydrogens is 420 g/mol. The Hall–Kier alpha value is -2.72. The van der Waals surface area contributed by atoms with Gasteiger partial charge in [0.2, 0.25) is 0 Å². The number of hydrogen-bond acceptors (Lipinski definition) is 6. The molecule has 0 radical (unpaired) electrons. The molecule has 3 aromatic rings. The minimum Gasteiger partial charge on any atom is -0.296 e. The first-order valence-electron chi connectivity index (χ1n) is 8.74. The van der Waals surface area contributed by atoms with Crippen LogP contribution in [0.25, 0.3) is 0 Å². The lowest BCUT2D eigenvalue weighted by Gasteiger charge is -2.06. The maximum absolute atomic E-state index is 14.0. The molecule has 0 saturated heterocycles. The van der Waals surface area contributed by atoms with Gasteiger partial charge in [0.05, 0.1) is 11.4 Å². The van der Waals surface area contributed by atoms with Gasteiger partial charge in [0.25, 0.3) is 5.91 Å². The number of halogens is 2. The number of pyridine rings is 1. The Morgan fingerprint density at radius 2 is 1.86 bits per heavy atom. The lowest BCUT2D eigenvalue weighted by molar-refractivity contribution is 0.102. The second kappa shape index (κ2) is 7.60. The van der Waals surface area contributed by atoms with Gasteiger partial charge in [0.15, 0.2) is 15.0 Å². The zero-order valence-corrected chi connectivity index (χ0v) is 16.6. The Balaban J connectivity index is 1.65. The minimum absolute atomic E-state index is 0.0398. The molecule has 0 spiro atoms. The van der Waals surface area contributed by atoms with Crippen molar-refractivity contribution < 1.29 is 22.0 Å². The molecule has 0 unspecified atom stereocenters. The molecule has 6 nitrogen and oxygen atoms in total. The fraction of sp³-hybridized carbons (Fsp3) is 0.211. The van der Waals surface area contributed by atoms with Gasteiger partial charge in [-0.3, -0.25) is 15.1 Å². The highest BCUT2D eigenvalue weighted by Gasteiger charge is 2.35. The largest absolute Gasteiger partial charge is 0.296 e. The molecular formula is C19H15F2N3O3S2. The molecule has 1 aromatic carbocycles. The topological polar surface area (TPSA) is 89.0 Å². The summed E-state index contributed by atoms with van der Waals surface area (Å²) in [6, 6.07) is 8.04. The number of nitrogens with zero attached hydrogens (tertiary/aromatic N) is 2. The maximum atomic E-state index is 14.0. The Labute approximate surface area is 169 Å². The number of sulfone groups is 1. The monoisotopic (exact) mass is 435 g/mol. The number of amides is 1. The van der Waals surface area contributed by atoms with Crippen LogP contribution in [-0.2, 0) is 15.6 Å². The number of carbonyl (C=O) groups is 1. The molecule has 1 aliphatic carbocycles. The van der Waals surface area contributed by atoms with E-state index in [4.69, 9.17) is 0 Å². The number of hydrogen-bond donors (Lipinski definition) is 1. The van der Waals surface area contributed by atoms with E-state index >= 15 is 0 Å². The van der Waals surface area contributed by atoms with Crippen molar-refractivity contribution in [3.05, 3.63) is 71.2 Å². The molecule has 1 saturated carbocycles. The molecule has 0 aliphatic heterocycles. The number of carbonyl (C=O) groups excluding carboxylic acids is 1. The van der Waals surface area contributed by atoms with E-state index in [9.17, 15) is 22.0 Å². The summed E-state index contributed by atoms with van der Waals surface area (Å²) in [4.78, 5) is 20.5. The van der Waals surface area contributed by atoms with Crippen LogP contribution in [0.1, 0.15) is 40.5 Å². The van der Waals surface area contributed by atoms with Crippen LogP contribution in [0.2, 0.25) is 0 Å². The van der Waals surface area contributed by atoms with E-state index in [2.05, 4.69) is 15.3 Å². The summed E-state index contributed by atoms with van der Waals surface area (Å²) in [6.07, 6.45) is 3.01. The highest BCUT2D eigenvalue weighted by molar-refractivity contribution is 7.92. The number of rotatable bonds is 6. The van der Waals surface area contributed by atoms with Crippen molar-refractivity contribution in [2.45, 2.75) is 28.7 Å². The first-order valence-corrected chi connectivity index (χ1v) is 11.2. The number of aromatic nitrogens is 2. The molecule has 0 bridgehead atoms. The maximum Gasteiger partial charge on any atom is 0.276 e. The van der Waals surface area contributed by atoms with Gasteiger partial charge in [-0.15, -0.1) is 0 Å². The Morgan fingerprint density at radius 1 is 1.14 bits per heavy atom. The van der Waals surface area contributed by atoms with Crippen molar-refractivity contribution in [2.24, 2.45) is 0 Å². The molecule has 2 aromatic heterocycles. The lowest BCUT2D eigenvalue weighted by atomic mass is 10.2. The quantitative estimate of drug-likeness (QED) is 0.634. The van der Waals surface area contributed by atoms with Gasteiger partial charge in [0, 0.05) is 17.7 Å². The fourth-order valence-electron chi connectivity index (χ4n) is 2.79. The standard InChI is InChI=1S/C19H15F2N3O3S2/c20-13-4-3-5-14(21)12(13)10-29(26,27)18-16(11-7-8-11)23-19(28-18)24-17(25)15-6-1-2-9-22-15/h1-6,9,11H,7-8,10H2,(H,23,24,25). The molecule has 1 fully saturated rings. The molecule has 1 N–H and O–H groups in total. The van der Waals surface area contributed by atoms with Gasteiger partial charge in [-0.2, -0.15) is 0 Å². The van der Waals surface area contributed by atoms with Crippen LogP contribution in [0.4, 0.5) is 13.9 Å². The predicted octanol–water partition coefficient (Wildman–Crippen LogP) is 3.92. The first-order chi connectivity index (χ1) is 13.8. The predicted molar refractivity (Wildman–Crippen MR) is 104 cm³/mol. The minimum atomic E-state index is -4.06. The van der Waals surface area contributed by atoms with Gasteiger partial charge < -0.3 is 0 Å². The van der Waals surface area contributed by atoms with E-state index in [0.29, 0.717) is 5.69 Å². The Bertz CT molecular complexity index is 1160. The molecule has 1 amide bonds. The van der Waals surface area contributed by atoms with E-state index in [1.165, 1.54) is 18.3 Å². The number of thiazole rings is 1. The van der Waals surface area contributed by atoms with Crippen LogP contribution in [0, 0.1) is 11.6 Å². The van der Waals surface area contributed by atoms with E-state index in [1.54, 1.807) is 12.1 Å². The van der Waals surface area contributed by atoms with Crippen LogP contribution in [-0.4, -0.2) is 24.3 Å². The summed E-state index contributed by atoms with van der Waals surface area (Å²) in [7, 11) is -4.06. The highest BCUT2D eigenvalue weighted by Crippen LogP contribution is 2.46. The van der Waals surface area contributed by atoms with E-state index in [0.717, 1.165) is 36.3 Å². The third kappa shape index (κ3) is 4.18. The van der Waals surface area contributed by atoms with E-state index in [1.807, 2.05) is 0 Å². The second-order valence-corrected chi connectivity index (χ2v) is 9.78. The van der Waals surface area contributed by atoms with Gasteiger partial charge in [-0.05, 0) is 37.1 Å². The van der Waals surface area contributed by atoms with Gasteiger partial charge >= 0.3 is 0 Å². The van der Waals surface area contributed by atoms with Crippen molar-refractivity contribution in [2.75, 3.05) is 5.32 Å². The number of benzene rings is 1. The van der Waals surface area contributed by atoms with Crippen molar-refractivity contribution in [1.82, 2.24) is 9.97 Å². The van der Waals surface area contributed by atoms with Crippen molar-refractivity contribution in [1.29, 1.82) is 0 Å². The van der Waals surface area contributed by atoms with Crippen LogP contribution >= 0.6 is 11.3 Å². The molecule has 2 heterocycles. The third-order valence-corrected chi connectivity index (χ3v) is 7.62. The average Bonchev–Trinajstić information content (AvgIpc) is 3.45. The van der Waals surface area contributed by atoms with Crippen LogP contribution in [0.3, 0.4) is 0 Å². The zero-order chi connectivity index (χ0) is 20.6. The fourth-order valence-corrected chi connectivity index (χ4v) is 5.81. The normalized spacial score (nSPS) is 14.0. The van der Waals surface area contributed by atoms with Crippen LogP contribution in [0.15, 0.2) is 46.8 Å². The van der Waals surface area contributed by atoms with Gasteiger partial charge in [0.1, 0.15) is 21.5 Å². The number of nitrogens with one attached hydrogen (secondary N) is 1. The third-order valence-electron chi connectivity index (χ3n) is 4.38. The van der Waals surface area contributed by atoms with Crippen molar-refractivity contribution in [3.8, 4) is 0 Å². The zero-order valence-electron chi connectivity index (χ0n) is 14.9. The van der Waals surface area contributed by atoms with E-state index < -0.39 is 38.7 Å². The smallest absolute Gasteiger partial charge is 0.276 e. The average molecular weight is 435 g/mol. The molecule has 10 heteroatoms. The van der Waals surface area contributed by atoms with Crippen LogP contribution < -0.4 is 5.32 Å². The Morgan fingerprint density at radius 3 is 2.48 bits per heavy atom. The molecule has 29 heavy (non-hydrogen) atoms. The van der Waals surface area contributed by atoms with Gasteiger partial charge in [-0.25, -0.2) is 22.2 Å².